The SMILES string of the molecule is Nc1ncc(-c2cnn(C3CCNCC3)c2)nc1C(=O)N[C@H]1CCC[C@@H]1OCc1ccccc1. The Labute approximate surface area is 199 Å². The lowest BCUT2D eigenvalue weighted by atomic mass is 10.1. The van der Waals surface area contributed by atoms with Gasteiger partial charge < -0.3 is 21.1 Å². The number of piperidine rings is 1. The third kappa shape index (κ3) is 5.10. The summed E-state index contributed by atoms with van der Waals surface area (Å²) in [6, 6.07) is 10.3. The van der Waals surface area contributed by atoms with Crippen LogP contribution in [0.4, 0.5) is 5.82 Å². The molecule has 9 heteroatoms. The number of ether oxygens (including phenoxy) is 1. The van der Waals surface area contributed by atoms with E-state index in [-0.39, 0.29) is 29.6 Å². The summed E-state index contributed by atoms with van der Waals surface area (Å²) in [4.78, 5) is 21.9. The maximum atomic E-state index is 13.1. The Hall–Kier alpha value is -3.30. The molecule has 34 heavy (non-hydrogen) atoms. The number of aromatic nitrogens is 4. The van der Waals surface area contributed by atoms with Crippen LogP contribution in [-0.4, -0.2) is 50.9 Å². The van der Waals surface area contributed by atoms with Crippen molar-refractivity contribution in [2.24, 2.45) is 0 Å². The van der Waals surface area contributed by atoms with Gasteiger partial charge in [0.2, 0.25) is 0 Å². The van der Waals surface area contributed by atoms with Gasteiger partial charge in [-0.1, -0.05) is 30.3 Å². The molecule has 0 bridgehead atoms. The molecule has 9 nitrogen and oxygen atoms in total. The topological polar surface area (TPSA) is 120 Å². The van der Waals surface area contributed by atoms with Crippen molar-refractivity contribution in [2.45, 2.75) is 56.9 Å². The minimum Gasteiger partial charge on any atom is -0.382 e. The minimum absolute atomic E-state index is 0.0373. The van der Waals surface area contributed by atoms with Gasteiger partial charge in [0.1, 0.15) is 0 Å². The predicted molar refractivity (Wildman–Crippen MR) is 129 cm³/mol. The second kappa shape index (κ2) is 10.3. The number of nitrogens with one attached hydrogen (secondary N) is 2. The van der Waals surface area contributed by atoms with Crippen LogP contribution in [0.25, 0.3) is 11.3 Å². The van der Waals surface area contributed by atoms with Crippen LogP contribution in [0.15, 0.2) is 48.9 Å². The van der Waals surface area contributed by atoms with Crippen molar-refractivity contribution in [1.82, 2.24) is 30.4 Å². The Balaban J connectivity index is 1.26. The first-order valence-electron chi connectivity index (χ1n) is 12.0. The highest BCUT2D eigenvalue weighted by Crippen LogP contribution is 2.25. The van der Waals surface area contributed by atoms with Crippen molar-refractivity contribution in [3.63, 3.8) is 0 Å². The molecule has 2 atom stereocenters. The lowest BCUT2D eigenvalue weighted by molar-refractivity contribution is 0.0271. The molecule has 0 radical (unpaired) electrons. The summed E-state index contributed by atoms with van der Waals surface area (Å²) < 4.78 is 8.11. The van der Waals surface area contributed by atoms with E-state index in [9.17, 15) is 4.79 Å². The zero-order chi connectivity index (χ0) is 23.3. The van der Waals surface area contributed by atoms with Crippen molar-refractivity contribution >= 4 is 11.7 Å². The average molecular weight is 462 g/mol. The molecule has 1 aliphatic heterocycles. The Morgan fingerprint density at radius 2 is 1.97 bits per heavy atom. The van der Waals surface area contributed by atoms with Gasteiger partial charge in [0, 0.05) is 11.8 Å². The van der Waals surface area contributed by atoms with Crippen LogP contribution in [0.5, 0.6) is 0 Å². The summed E-state index contributed by atoms with van der Waals surface area (Å²) in [7, 11) is 0. The summed E-state index contributed by atoms with van der Waals surface area (Å²) in [6.45, 7) is 2.50. The molecule has 1 saturated carbocycles. The summed E-state index contributed by atoms with van der Waals surface area (Å²) >= 11 is 0. The van der Waals surface area contributed by atoms with E-state index in [4.69, 9.17) is 10.5 Å². The van der Waals surface area contributed by atoms with Crippen LogP contribution < -0.4 is 16.4 Å². The molecule has 1 aromatic carbocycles. The third-order valence-corrected chi connectivity index (χ3v) is 6.67. The van der Waals surface area contributed by atoms with Gasteiger partial charge in [-0.15, -0.1) is 0 Å². The van der Waals surface area contributed by atoms with Crippen molar-refractivity contribution in [3.05, 3.63) is 60.2 Å². The van der Waals surface area contributed by atoms with E-state index in [1.165, 1.54) is 0 Å². The maximum absolute atomic E-state index is 13.1. The van der Waals surface area contributed by atoms with E-state index in [0.717, 1.165) is 56.3 Å². The Bertz CT molecular complexity index is 1110. The highest BCUT2D eigenvalue weighted by Gasteiger charge is 2.30. The standard InChI is InChI=1S/C25H31N7O2/c26-24-23(25(33)31-20-7-4-8-22(20)34-16-17-5-2-1-3-6-17)30-21(14-28-24)18-13-29-32(15-18)19-9-11-27-12-10-19/h1-3,5-6,13-15,19-20,22,27H,4,7-12,16H2,(H2,26,28)(H,31,33)/t20-,22-/m0/s1. The number of nitrogens with two attached hydrogens (primary N) is 1. The molecule has 2 aromatic heterocycles. The van der Waals surface area contributed by atoms with Gasteiger partial charge in [0.05, 0.1) is 42.9 Å². The summed E-state index contributed by atoms with van der Waals surface area (Å²) in [5.41, 5.74) is 8.71. The first-order valence-corrected chi connectivity index (χ1v) is 12.0. The molecule has 2 aliphatic rings. The van der Waals surface area contributed by atoms with Crippen molar-refractivity contribution in [2.75, 3.05) is 18.8 Å². The van der Waals surface area contributed by atoms with E-state index in [0.29, 0.717) is 18.3 Å². The lowest BCUT2D eigenvalue weighted by Crippen LogP contribution is -2.41. The first-order chi connectivity index (χ1) is 16.7. The second-order valence-corrected chi connectivity index (χ2v) is 9.03. The molecule has 3 aromatic rings. The largest absolute Gasteiger partial charge is 0.382 e. The molecule has 0 spiro atoms. The molecule has 3 heterocycles. The molecule has 1 amide bonds. The van der Waals surface area contributed by atoms with Crippen LogP contribution in [0.3, 0.4) is 0 Å². The van der Waals surface area contributed by atoms with Crippen LogP contribution in [0, 0.1) is 0 Å². The fraction of sp³-hybridized carbons (Fsp3) is 0.440. The fourth-order valence-electron chi connectivity index (χ4n) is 4.75. The van der Waals surface area contributed by atoms with Crippen molar-refractivity contribution in [1.29, 1.82) is 0 Å². The van der Waals surface area contributed by atoms with Crippen molar-refractivity contribution < 1.29 is 9.53 Å². The van der Waals surface area contributed by atoms with Gasteiger partial charge in [-0.05, 0) is 50.8 Å². The fourth-order valence-corrected chi connectivity index (χ4v) is 4.75. The summed E-state index contributed by atoms with van der Waals surface area (Å²) in [6.07, 6.45) is 10.2. The van der Waals surface area contributed by atoms with Gasteiger partial charge in [-0.2, -0.15) is 5.10 Å². The van der Waals surface area contributed by atoms with Crippen LogP contribution >= 0.6 is 0 Å². The predicted octanol–water partition coefficient (Wildman–Crippen LogP) is 2.71. The smallest absolute Gasteiger partial charge is 0.274 e. The number of anilines is 1. The molecule has 1 aliphatic carbocycles. The molecule has 178 valence electrons. The van der Waals surface area contributed by atoms with E-state index in [1.54, 1.807) is 12.4 Å². The van der Waals surface area contributed by atoms with Gasteiger partial charge in [0.15, 0.2) is 11.5 Å². The summed E-state index contributed by atoms with van der Waals surface area (Å²) in [5.74, 6) is -0.204. The van der Waals surface area contributed by atoms with Crippen LogP contribution in [-0.2, 0) is 11.3 Å². The number of benzene rings is 1. The van der Waals surface area contributed by atoms with E-state index in [1.807, 2.05) is 41.2 Å². The van der Waals surface area contributed by atoms with Gasteiger partial charge in [-0.25, -0.2) is 9.97 Å². The number of hydrogen-bond acceptors (Lipinski definition) is 7. The molecule has 0 unspecified atom stereocenters. The minimum atomic E-state index is -0.321. The monoisotopic (exact) mass is 461 g/mol. The van der Waals surface area contributed by atoms with Gasteiger partial charge >= 0.3 is 0 Å². The molecule has 5 rings (SSSR count). The third-order valence-electron chi connectivity index (χ3n) is 6.67. The zero-order valence-electron chi connectivity index (χ0n) is 19.2. The molecule has 4 N–H and O–H groups in total. The average Bonchev–Trinajstić information content (AvgIpc) is 3.54. The second-order valence-electron chi connectivity index (χ2n) is 9.03. The Morgan fingerprint density at radius 3 is 2.79 bits per heavy atom. The van der Waals surface area contributed by atoms with E-state index in [2.05, 4.69) is 25.7 Å². The van der Waals surface area contributed by atoms with Crippen molar-refractivity contribution in [3.8, 4) is 11.3 Å². The van der Waals surface area contributed by atoms with Gasteiger partial charge in [-0.3, -0.25) is 9.48 Å². The normalized spacial score (nSPS) is 20.9. The number of nitrogens with zero attached hydrogens (tertiary/aromatic N) is 4. The van der Waals surface area contributed by atoms with Gasteiger partial charge in [0.25, 0.3) is 5.91 Å². The lowest BCUT2D eigenvalue weighted by Gasteiger charge is -2.22. The van der Waals surface area contributed by atoms with Crippen LogP contribution in [0.2, 0.25) is 0 Å². The molecular weight excluding hydrogens is 430 g/mol. The number of hydrogen-bond donors (Lipinski definition) is 3. The first kappa shape index (κ1) is 22.5. The maximum Gasteiger partial charge on any atom is 0.274 e. The number of rotatable bonds is 7. The quantitative estimate of drug-likeness (QED) is 0.495. The highest BCUT2D eigenvalue weighted by molar-refractivity contribution is 5.97. The zero-order valence-corrected chi connectivity index (χ0v) is 19.2. The number of carbonyl (C=O) groups excluding carboxylic acids is 1. The molecule has 2 fully saturated rings. The Morgan fingerprint density at radius 1 is 1.15 bits per heavy atom. The van der Waals surface area contributed by atoms with E-state index >= 15 is 0 Å². The number of amides is 1. The summed E-state index contributed by atoms with van der Waals surface area (Å²) in [5, 5.41) is 11.0. The van der Waals surface area contributed by atoms with Crippen LogP contribution in [0.1, 0.15) is 54.2 Å². The van der Waals surface area contributed by atoms with E-state index < -0.39 is 0 Å². The highest BCUT2D eigenvalue weighted by atomic mass is 16.5. The number of carbonyl (C=O) groups is 1. The molecular formula is C25H31N7O2. The number of nitrogen functional groups attached to an aromatic ring is 1. The Kier molecular flexibility index (Phi) is 6.82. The molecule has 1 saturated heterocycles.